The minimum atomic E-state index is -1.17. The molecule has 0 fully saturated rings. The molecule has 1 aromatic heterocycles. The molecule has 0 aromatic carbocycles. The number of anilines is 2. The van der Waals surface area contributed by atoms with E-state index in [-0.39, 0.29) is 37.1 Å². The van der Waals surface area contributed by atoms with Gasteiger partial charge < -0.3 is 31.7 Å². The zero-order valence-electron chi connectivity index (χ0n) is 12.3. The second-order valence-electron chi connectivity index (χ2n) is 5.04. The summed E-state index contributed by atoms with van der Waals surface area (Å²) in [6, 6.07) is -0.212. The van der Waals surface area contributed by atoms with E-state index in [9.17, 15) is 19.8 Å². The predicted octanol–water partition coefficient (Wildman–Crippen LogP) is -2.66. The minimum Gasteiger partial charge on any atom is -0.396 e. The standard InChI is InChI=1S/C12H23N5O5/c1-6(13)4-14-9-10(16-12(22)17-11(9)21)15-5-8(20)7(19)2-3-18/h6-8,14,18-20H,2-5,13H2,1H3,(H3,15,16,17,21,22)/t6?,7-,8+/m1/s1. The van der Waals surface area contributed by atoms with Crippen LogP contribution in [0.4, 0.5) is 11.5 Å². The van der Waals surface area contributed by atoms with Gasteiger partial charge >= 0.3 is 5.69 Å². The van der Waals surface area contributed by atoms with Gasteiger partial charge in [-0.3, -0.25) is 14.8 Å². The largest absolute Gasteiger partial charge is 0.396 e. The lowest BCUT2D eigenvalue weighted by Crippen LogP contribution is -2.36. The number of H-pyrrole nitrogens is 2. The third-order valence-corrected chi connectivity index (χ3v) is 2.90. The van der Waals surface area contributed by atoms with Crippen molar-refractivity contribution in [2.75, 3.05) is 30.3 Å². The fraction of sp³-hybridized carbons (Fsp3) is 0.667. The van der Waals surface area contributed by atoms with Gasteiger partial charge in [0.1, 0.15) is 11.5 Å². The Morgan fingerprint density at radius 2 is 1.82 bits per heavy atom. The molecule has 0 saturated carbocycles. The van der Waals surface area contributed by atoms with E-state index < -0.39 is 23.5 Å². The van der Waals surface area contributed by atoms with Gasteiger partial charge in [0.2, 0.25) is 0 Å². The normalized spacial score (nSPS) is 15.1. The Bertz CT molecular complexity index is 570. The maximum atomic E-state index is 11.8. The Morgan fingerprint density at radius 1 is 1.14 bits per heavy atom. The van der Waals surface area contributed by atoms with Crippen molar-refractivity contribution < 1.29 is 15.3 Å². The van der Waals surface area contributed by atoms with Crippen molar-refractivity contribution in [2.24, 2.45) is 5.73 Å². The van der Waals surface area contributed by atoms with E-state index >= 15 is 0 Å². The zero-order chi connectivity index (χ0) is 16.7. The number of hydrogen-bond acceptors (Lipinski definition) is 8. The number of aromatic nitrogens is 2. The second-order valence-corrected chi connectivity index (χ2v) is 5.04. The lowest BCUT2D eigenvalue weighted by molar-refractivity contribution is 0.0130. The first-order valence-electron chi connectivity index (χ1n) is 6.92. The van der Waals surface area contributed by atoms with E-state index in [0.717, 1.165) is 0 Å². The van der Waals surface area contributed by atoms with Crippen molar-refractivity contribution in [1.29, 1.82) is 0 Å². The van der Waals surface area contributed by atoms with Crippen molar-refractivity contribution in [3.8, 4) is 0 Å². The summed E-state index contributed by atoms with van der Waals surface area (Å²) in [5.41, 5.74) is 4.35. The van der Waals surface area contributed by atoms with Crippen LogP contribution in [-0.4, -0.2) is 63.2 Å². The first kappa shape index (κ1) is 18.2. The predicted molar refractivity (Wildman–Crippen MR) is 82.0 cm³/mol. The van der Waals surface area contributed by atoms with Crippen molar-refractivity contribution in [1.82, 2.24) is 9.97 Å². The van der Waals surface area contributed by atoms with Crippen molar-refractivity contribution in [2.45, 2.75) is 31.6 Å². The third kappa shape index (κ3) is 5.48. The van der Waals surface area contributed by atoms with Gasteiger partial charge in [-0.05, 0) is 13.3 Å². The number of hydrogen-bond donors (Lipinski definition) is 8. The van der Waals surface area contributed by atoms with E-state index in [2.05, 4.69) is 20.6 Å². The lowest BCUT2D eigenvalue weighted by atomic mass is 10.1. The van der Waals surface area contributed by atoms with E-state index in [4.69, 9.17) is 10.8 Å². The topological polar surface area (TPSA) is 176 Å². The summed E-state index contributed by atoms with van der Waals surface area (Å²) < 4.78 is 0. The van der Waals surface area contributed by atoms with Crippen LogP contribution in [0.1, 0.15) is 13.3 Å². The van der Waals surface area contributed by atoms with Gasteiger partial charge in [-0.1, -0.05) is 0 Å². The van der Waals surface area contributed by atoms with Gasteiger partial charge in [0.15, 0.2) is 0 Å². The van der Waals surface area contributed by atoms with Gasteiger partial charge in [0.25, 0.3) is 5.56 Å². The maximum Gasteiger partial charge on any atom is 0.327 e. The fourth-order valence-corrected chi connectivity index (χ4v) is 1.72. The molecule has 0 spiro atoms. The van der Waals surface area contributed by atoms with Crippen LogP contribution in [0.2, 0.25) is 0 Å². The number of aromatic amines is 2. The summed E-state index contributed by atoms with van der Waals surface area (Å²) in [6.07, 6.45) is -2.27. The molecule has 10 heteroatoms. The fourth-order valence-electron chi connectivity index (χ4n) is 1.72. The van der Waals surface area contributed by atoms with E-state index in [1.54, 1.807) is 6.92 Å². The van der Waals surface area contributed by atoms with Gasteiger partial charge in [-0.15, -0.1) is 0 Å². The van der Waals surface area contributed by atoms with Crippen molar-refractivity contribution >= 4 is 11.5 Å². The van der Waals surface area contributed by atoms with E-state index in [1.165, 1.54) is 0 Å². The molecule has 1 heterocycles. The van der Waals surface area contributed by atoms with Crippen LogP contribution in [0.25, 0.3) is 0 Å². The molecule has 1 rings (SSSR count). The molecule has 0 amide bonds. The molecule has 1 aromatic rings. The van der Waals surface area contributed by atoms with E-state index in [1.807, 2.05) is 0 Å². The number of aliphatic hydroxyl groups excluding tert-OH is 3. The average Bonchev–Trinajstić information content (AvgIpc) is 2.43. The molecule has 0 aliphatic carbocycles. The lowest BCUT2D eigenvalue weighted by Gasteiger charge is -2.19. The Hall–Kier alpha value is -1.88. The molecule has 0 aliphatic heterocycles. The Morgan fingerprint density at radius 3 is 2.41 bits per heavy atom. The summed E-state index contributed by atoms with van der Waals surface area (Å²) in [5, 5.41) is 33.4. The SMILES string of the molecule is CC(N)CNc1c(NC[C@H](O)[C@H](O)CCO)[nH]c(=O)[nH]c1=O. The minimum absolute atomic E-state index is 0.0184. The van der Waals surface area contributed by atoms with Crippen LogP contribution in [0.3, 0.4) is 0 Å². The number of aliphatic hydroxyl groups is 3. The highest BCUT2D eigenvalue weighted by atomic mass is 16.3. The smallest absolute Gasteiger partial charge is 0.327 e. The summed E-state index contributed by atoms with van der Waals surface area (Å²) in [4.78, 5) is 27.6. The molecule has 0 aliphatic rings. The van der Waals surface area contributed by atoms with Gasteiger partial charge in [-0.2, -0.15) is 0 Å². The Kier molecular flexibility index (Phi) is 7.05. The molecule has 0 radical (unpaired) electrons. The summed E-state index contributed by atoms with van der Waals surface area (Å²) in [7, 11) is 0. The van der Waals surface area contributed by atoms with Crippen LogP contribution in [-0.2, 0) is 0 Å². The molecule has 126 valence electrons. The second kappa shape index (κ2) is 8.54. The molecule has 22 heavy (non-hydrogen) atoms. The monoisotopic (exact) mass is 317 g/mol. The van der Waals surface area contributed by atoms with Crippen LogP contribution in [0, 0.1) is 0 Å². The first-order chi connectivity index (χ1) is 10.3. The highest BCUT2D eigenvalue weighted by Crippen LogP contribution is 2.11. The Labute approximate surface area is 126 Å². The zero-order valence-corrected chi connectivity index (χ0v) is 12.3. The van der Waals surface area contributed by atoms with Crippen molar-refractivity contribution in [3.63, 3.8) is 0 Å². The molecule has 0 saturated heterocycles. The molecular formula is C12H23N5O5. The van der Waals surface area contributed by atoms with Gasteiger partial charge in [-0.25, -0.2) is 4.79 Å². The summed E-state index contributed by atoms with van der Waals surface area (Å²) >= 11 is 0. The van der Waals surface area contributed by atoms with Crippen LogP contribution < -0.4 is 27.6 Å². The quantitative estimate of drug-likeness (QED) is 0.243. The average molecular weight is 317 g/mol. The summed E-state index contributed by atoms with van der Waals surface area (Å²) in [6.45, 7) is 1.67. The van der Waals surface area contributed by atoms with Crippen LogP contribution >= 0.6 is 0 Å². The van der Waals surface area contributed by atoms with E-state index in [0.29, 0.717) is 6.54 Å². The van der Waals surface area contributed by atoms with Crippen LogP contribution in [0.15, 0.2) is 9.59 Å². The molecule has 1 unspecified atom stereocenters. The molecular weight excluding hydrogens is 294 g/mol. The number of rotatable bonds is 9. The highest BCUT2D eigenvalue weighted by Gasteiger charge is 2.17. The first-order valence-corrected chi connectivity index (χ1v) is 6.92. The molecule has 10 nitrogen and oxygen atoms in total. The third-order valence-electron chi connectivity index (χ3n) is 2.90. The molecule has 3 atom stereocenters. The van der Waals surface area contributed by atoms with Gasteiger partial charge in [0.05, 0.1) is 12.2 Å². The molecule has 0 bridgehead atoms. The summed E-state index contributed by atoms with van der Waals surface area (Å²) in [5.74, 6) is 0.0876. The maximum absolute atomic E-state index is 11.8. The van der Waals surface area contributed by atoms with Gasteiger partial charge in [0, 0.05) is 25.7 Å². The van der Waals surface area contributed by atoms with Crippen LogP contribution in [0.5, 0.6) is 0 Å². The number of nitrogens with two attached hydrogens (primary N) is 1. The highest BCUT2D eigenvalue weighted by molar-refractivity contribution is 5.62. The number of nitrogens with one attached hydrogen (secondary N) is 4. The molecule has 9 N–H and O–H groups in total. The Balaban J connectivity index is 2.84. The van der Waals surface area contributed by atoms with Crippen molar-refractivity contribution in [3.05, 3.63) is 20.8 Å².